The number of carbonyl (C=O) groups is 1. The molecule has 0 bridgehead atoms. The molecule has 7 heteroatoms. The number of para-hydroxylation sites is 1. The van der Waals surface area contributed by atoms with E-state index in [0.29, 0.717) is 28.4 Å². The van der Waals surface area contributed by atoms with E-state index in [1.54, 1.807) is 29.0 Å². The average molecular weight is 400 g/mol. The molecule has 0 atom stereocenters. The van der Waals surface area contributed by atoms with Crippen molar-refractivity contribution in [2.24, 2.45) is 5.41 Å². The molecule has 1 aromatic carbocycles. The smallest absolute Gasteiger partial charge is 0.262 e. The van der Waals surface area contributed by atoms with Crippen LogP contribution in [0.25, 0.3) is 10.9 Å². The first-order valence-electron chi connectivity index (χ1n) is 9.25. The fourth-order valence-corrected chi connectivity index (χ4v) is 3.54. The minimum atomic E-state index is -0.141. The molecular formula is C21H25N3O3S. The number of hydrogen-bond acceptors (Lipinski definition) is 5. The van der Waals surface area contributed by atoms with Crippen molar-refractivity contribution in [3.63, 3.8) is 0 Å². The van der Waals surface area contributed by atoms with Crippen LogP contribution in [0.4, 0.5) is 0 Å². The minimum Gasteiger partial charge on any atom is -0.467 e. The molecule has 1 amide bonds. The molecule has 0 unspecified atom stereocenters. The number of nitrogens with one attached hydrogen (secondary N) is 1. The van der Waals surface area contributed by atoms with Crippen molar-refractivity contribution < 1.29 is 9.21 Å². The maximum Gasteiger partial charge on any atom is 0.262 e. The van der Waals surface area contributed by atoms with Crippen LogP contribution in [0.15, 0.2) is 57.0 Å². The van der Waals surface area contributed by atoms with Gasteiger partial charge in [0.15, 0.2) is 5.16 Å². The third-order valence-corrected chi connectivity index (χ3v) is 5.23. The van der Waals surface area contributed by atoms with Gasteiger partial charge < -0.3 is 9.73 Å². The maximum absolute atomic E-state index is 13.0. The van der Waals surface area contributed by atoms with Gasteiger partial charge in [-0.05, 0) is 36.1 Å². The van der Waals surface area contributed by atoms with E-state index >= 15 is 0 Å². The van der Waals surface area contributed by atoms with E-state index in [4.69, 9.17) is 4.42 Å². The summed E-state index contributed by atoms with van der Waals surface area (Å²) in [6.07, 6.45) is 2.48. The molecule has 148 valence electrons. The molecule has 0 radical (unpaired) electrons. The zero-order valence-corrected chi connectivity index (χ0v) is 17.2. The summed E-state index contributed by atoms with van der Waals surface area (Å²) in [5.74, 6) is 0.796. The van der Waals surface area contributed by atoms with Gasteiger partial charge in [0, 0.05) is 6.54 Å². The highest BCUT2D eigenvalue weighted by molar-refractivity contribution is 7.99. The summed E-state index contributed by atoms with van der Waals surface area (Å²) in [7, 11) is 0. The van der Waals surface area contributed by atoms with Crippen LogP contribution >= 0.6 is 11.8 Å². The Labute approximate surface area is 168 Å². The predicted octanol–water partition coefficient (Wildman–Crippen LogP) is 3.68. The Hall–Kier alpha value is -2.54. The van der Waals surface area contributed by atoms with E-state index in [-0.39, 0.29) is 29.2 Å². The molecule has 0 aliphatic heterocycles. The summed E-state index contributed by atoms with van der Waals surface area (Å²) in [6, 6.07) is 10.8. The molecule has 0 fully saturated rings. The quantitative estimate of drug-likeness (QED) is 0.484. The van der Waals surface area contributed by atoms with E-state index in [0.717, 1.165) is 6.42 Å². The van der Waals surface area contributed by atoms with Crippen LogP contribution in [0.3, 0.4) is 0 Å². The largest absolute Gasteiger partial charge is 0.467 e. The van der Waals surface area contributed by atoms with Gasteiger partial charge in [-0.25, -0.2) is 4.98 Å². The molecule has 1 N–H and O–H groups in total. The molecule has 6 nitrogen and oxygen atoms in total. The van der Waals surface area contributed by atoms with Gasteiger partial charge >= 0.3 is 0 Å². The van der Waals surface area contributed by atoms with Crippen molar-refractivity contribution >= 4 is 28.6 Å². The number of hydrogen-bond donors (Lipinski definition) is 1. The topological polar surface area (TPSA) is 77.1 Å². The number of carbonyl (C=O) groups excluding carboxylic acids is 1. The number of fused-ring (bicyclic) bond motifs is 1. The van der Waals surface area contributed by atoms with Gasteiger partial charge in [-0.15, -0.1) is 0 Å². The summed E-state index contributed by atoms with van der Waals surface area (Å²) in [5, 5.41) is 3.99. The highest BCUT2D eigenvalue weighted by atomic mass is 32.2. The third kappa shape index (κ3) is 5.25. The number of nitrogens with zero attached hydrogens (tertiary/aromatic N) is 2. The lowest BCUT2D eigenvalue weighted by molar-refractivity contribution is -0.118. The molecule has 2 aromatic heterocycles. The highest BCUT2D eigenvalue weighted by Crippen LogP contribution is 2.20. The number of benzene rings is 1. The molecule has 2 heterocycles. The van der Waals surface area contributed by atoms with Crippen LogP contribution in [0.2, 0.25) is 0 Å². The Balaban J connectivity index is 1.79. The molecule has 0 saturated carbocycles. The Morgan fingerprint density at radius 3 is 2.71 bits per heavy atom. The fraction of sp³-hybridized carbons (Fsp3) is 0.381. The van der Waals surface area contributed by atoms with Crippen molar-refractivity contribution in [1.82, 2.24) is 14.9 Å². The van der Waals surface area contributed by atoms with E-state index < -0.39 is 0 Å². The number of aromatic nitrogens is 2. The number of furan rings is 1. The first kappa shape index (κ1) is 20.2. The molecule has 0 saturated heterocycles. The van der Waals surface area contributed by atoms with Crippen molar-refractivity contribution in [1.29, 1.82) is 0 Å². The molecule has 28 heavy (non-hydrogen) atoms. The average Bonchev–Trinajstić information content (AvgIpc) is 3.15. The number of thioether (sulfide) groups is 1. The van der Waals surface area contributed by atoms with Crippen LogP contribution in [0, 0.1) is 5.41 Å². The van der Waals surface area contributed by atoms with E-state index in [9.17, 15) is 9.59 Å². The Morgan fingerprint density at radius 1 is 1.21 bits per heavy atom. The standard InChI is InChI=1S/C21H25N3O3S/c1-21(2,3)10-11-22-18(25)14-28-20-23-17-9-5-4-8-16(17)19(26)24(20)13-15-7-6-12-27-15/h4-9,12H,10-11,13-14H2,1-3H3,(H,22,25). The van der Waals surface area contributed by atoms with Gasteiger partial charge in [0.2, 0.25) is 5.91 Å². The number of amides is 1. The minimum absolute atomic E-state index is 0.0683. The monoisotopic (exact) mass is 399 g/mol. The van der Waals surface area contributed by atoms with Gasteiger partial charge in [-0.3, -0.25) is 14.2 Å². The molecule has 0 aliphatic carbocycles. The molecule has 3 rings (SSSR count). The van der Waals surface area contributed by atoms with Crippen molar-refractivity contribution in [3.8, 4) is 0 Å². The Kier molecular flexibility index (Phi) is 6.24. The summed E-state index contributed by atoms with van der Waals surface area (Å²) >= 11 is 1.26. The second kappa shape index (κ2) is 8.65. The van der Waals surface area contributed by atoms with Crippen molar-refractivity contribution in [3.05, 3.63) is 58.8 Å². The van der Waals surface area contributed by atoms with Gasteiger partial charge in [0.1, 0.15) is 5.76 Å². The first-order valence-corrected chi connectivity index (χ1v) is 10.2. The molecule has 0 spiro atoms. The highest BCUT2D eigenvalue weighted by Gasteiger charge is 2.15. The number of rotatable bonds is 7. The molecular weight excluding hydrogens is 374 g/mol. The SMILES string of the molecule is CC(C)(C)CCNC(=O)CSc1nc2ccccc2c(=O)n1Cc1ccco1. The summed E-state index contributed by atoms with van der Waals surface area (Å²) < 4.78 is 6.96. The predicted molar refractivity (Wildman–Crippen MR) is 112 cm³/mol. The summed E-state index contributed by atoms with van der Waals surface area (Å²) in [4.78, 5) is 29.8. The fourth-order valence-electron chi connectivity index (χ4n) is 2.71. The lowest BCUT2D eigenvalue weighted by Crippen LogP contribution is -2.29. The maximum atomic E-state index is 13.0. The second-order valence-electron chi connectivity index (χ2n) is 7.83. The van der Waals surface area contributed by atoms with Gasteiger partial charge in [-0.1, -0.05) is 44.7 Å². The van der Waals surface area contributed by atoms with Gasteiger partial charge in [0.05, 0.1) is 29.5 Å². The van der Waals surface area contributed by atoms with Crippen LogP contribution in [-0.4, -0.2) is 27.8 Å². The zero-order valence-electron chi connectivity index (χ0n) is 16.4. The van der Waals surface area contributed by atoms with E-state index in [2.05, 4.69) is 31.1 Å². The van der Waals surface area contributed by atoms with Gasteiger partial charge in [0.25, 0.3) is 5.56 Å². The summed E-state index contributed by atoms with van der Waals surface area (Å²) in [6.45, 7) is 7.32. The van der Waals surface area contributed by atoms with Crippen LogP contribution in [-0.2, 0) is 11.3 Å². The van der Waals surface area contributed by atoms with E-state index in [1.807, 2.05) is 18.2 Å². The van der Waals surface area contributed by atoms with Gasteiger partial charge in [-0.2, -0.15) is 0 Å². The lowest BCUT2D eigenvalue weighted by atomic mass is 9.92. The van der Waals surface area contributed by atoms with Crippen LogP contribution in [0.1, 0.15) is 33.0 Å². The third-order valence-electron chi connectivity index (χ3n) is 4.25. The van der Waals surface area contributed by atoms with E-state index in [1.165, 1.54) is 11.8 Å². The van der Waals surface area contributed by atoms with Crippen molar-refractivity contribution in [2.45, 2.75) is 38.9 Å². The normalized spacial score (nSPS) is 11.7. The summed E-state index contributed by atoms with van der Waals surface area (Å²) in [5.41, 5.74) is 0.653. The Morgan fingerprint density at radius 2 is 2.00 bits per heavy atom. The molecule has 3 aromatic rings. The van der Waals surface area contributed by atoms with Crippen molar-refractivity contribution in [2.75, 3.05) is 12.3 Å². The Bertz CT molecular complexity index is 1000. The molecule has 0 aliphatic rings. The van der Waals surface area contributed by atoms with Crippen LogP contribution < -0.4 is 10.9 Å². The van der Waals surface area contributed by atoms with Crippen LogP contribution in [0.5, 0.6) is 0 Å². The lowest BCUT2D eigenvalue weighted by Gasteiger charge is -2.18. The zero-order chi connectivity index (χ0) is 20.1. The first-order chi connectivity index (χ1) is 13.3. The second-order valence-corrected chi connectivity index (χ2v) is 8.77.